The van der Waals surface area contributed by atoms with Gasteiger partial charge in [-0.05, 0) is 42.3 Å². The van der Waals surface area contributed by atoms with Gasteiger partial charge in [0.25, 0.3) is 5.91 Å². The normalized spacial score (nSPS) is 15.2. The molecule has 2 aromatic rings. The van der Waals surface area contributed by atoms with Crippen LogP contribution in [-0.4, -0.2) is 35.4 Å². The van der Waals surface area contributed by atoms with Crippen molar-refractivity contribution in [1.82, 2.24) is 4.90 Å². The van der Waals surface area contributed by atoms with Crippen molar-refractivity contribution in [3.8, 4) is 0 Å². The molecule has 0 unspecified atom stereocenters. The van der Waals surface area contributed by atoms with E-state index in [0.717, 1.165) is 35.4 Å². The van der Waals surface area contributed by atoms with Gasteiger partial charge in [-0.25, -0.2) is 0 Å². The minimum Gasteiger partial charge on any atom is -0.322 e. The summed E-state index contributed by atoms with van der Waals surface area (Å²) in [5.74, 6) is 2.22. The Kier molecular flexibility index (Phi) is 6.44. The van der Waals surface area contributed by atoms with Gasteiger partial charge in [0.15, 0.2) is 0 Å². The van der Waals surface area contributed by atoms with Crippen LogP contribution in [0, 0.1) is 6.92 Å². The SMILES string of the molecule is Cc1cc(CN2CCSCC2)ccc1NC(=O)c1cc(Br)ccc1Cl. The first-order valence-corrected chi connectivity index (χ1v) is 10.5. The minimum atomic E-state index is -0.199. The van der Waals surface area contributed by atoms with Crippen molar-refractivity contribution < 1.29 is 4.79 Å². The maximum absolute atomic E-state index is 12.5. The molecule has 1 aliphatic heterocycles. The lowest BCUT2D eigenvalue weighted by molar-refractivity contribution is 0.102. The third kappa shape index (κ3) is 5.00. The van der Waals surface area contributed by atoms with Crippen molar-refractivity contribution in [2.45, 2.75) is 13.5 Å². The first-order valence-electron chi connectivity index (χ1n) is 8.19. The number of anilines is 1. The highest BCUT2D eigenvalue weighted by Crippen LogP contribution is 2.24. The molecule has 132 valence electrons. The average Bonchev–Trinajstić information content (AvgIpc) is 2.60. The molecule has 0 aliphatic carbocycles. The molecular formula is C19H20BrClN2OS. The summed E-state index contributed by atoms with van der Waals surface area (Å²) in [7, 11) is 0. The third-order valence-corrected chi connectivity index (χ3v) is 5.99. The van der Waals surface area contributed by atoms with E-state index in [1.807, 2.05) is 30.8 Å². The summed E-state index contributed by atoms with van der Waals surface area (Å²) in [6.45, 7) is 5.27. The smallest absolute Gasteiger partial charge is 0.257 e. The third-order valence-electron chi connectivity index (χ3n) is 4.22. The summed E-state index contributed by atoms with van der Waals surface area (Å²) in [6, 6.07) is 11.5. The predicted molar refractivity (Wildman–Crippen MR) is 111 cm³/mol. The van der Waals surface area contributed by atoms with E-state index in [-0.39, 0.29) is 5.91 Å². The maximum Gasteiger partial charge on any atom is 0.257 e. The number of aryl methyl sites for hydroxylation is 1. The number of thioether (sulfide) groups is 1. The van der Waals surface area contributed by atoms with Crippen LogP contribution < -0.4 is 5.32 Å². The van der Waals surface area contributed by atoms with E-state index in [0.29, 0.717) is 10.6 Å². The van der Waals surface area contributed by atoms with Crippen LogP contribution in [0.1, 0.15) is 21.5 Å². The van der Waals surface area contributed by atoms with Crippen LogP contribution in [0.2, 0.25) is 5.02 Å². The van der Waals surface area contributed by atoms with Crippen molar-refractivity contribution in [2.24, 2.45) is 0 Å². The first-order chi connectivity index (χ1) is 12.0. The second-order valence-electron chi connectivity index (χ2n) is 6.12. The van der Waals surface area contributed by atoms with Crippen LogP contribution >= 0.6 is 39.3 Å². The molecule has 1 N–H and O–H groups in total. The fourth-order valence-electron chi connectivity index (χ4n) is 2.84. The summed E-state index contributed by atoms with van der Waals surface area (Å²) >= 11 is 11.5. The first kappa shape index (κ1) is 18.8. The Balaban J connectivity index is 1.70. The van der Waals surface area contributed by atoms with Gasteiger partial charge in [0.1, 0.15) is 0 Å². The molecule has 0 bridgehead atoms. The van der Waals surface area contributed by atoms with E-state index in [4.69, 9.17) is 11.6 Å². The lowest BCUT2D eigenvalue weighted by atomic mass is 10.1. The summed E-state index contributed by atoms with van der Waals surface area (Å²) in [5.41, 5.74) is 3.62. The van der Waals surface area contributed by atoms with Gasteiger partial charge < -0.3 is 5.32 Å². The van der Waals surface area contributed by atoms with Crippen molar-refractivity contribution in [3.05, 3.63) is 62.6 Å². The van der Waals surface area contributed by atoms with Crippen LogP contribution in [0.5, 0.6) is 0 Å². The number of nitrogens with zero attached hydrogens (tertiary/aromatic N) is 1. The Labute approximate surface area is 166 Å². The molecule has 0 aromatic heterocycles. The van der Waals surface area contributed by atoms with Gasteiger partial charge in [-0.15, -0.1) is 0 Å². The molecule has 3 nitrogen and oxygen atoms in total. The molecule has 3 rings (SSSR count). The number of benzene rings is 2. The van der Waals surface area contributed by atoms with E-state index >= 15 is 0 Å². The molecule has 0 radical (unpaired) electrons. The number of carbonyl (C=O) groups excluding carboxylic acids is 1. The number of nitrogens with one attached hydrogen (secondary N) is 1. The summed E-state index contributed by atoms with van der Waals surface area (Å²) in [5, 5.41) is 3.41. The molecule has 1 saturated heterocycles. The highest BCUT2D eigenvalue weighted by Gasteiger charge is 2.14. The number of rotatable bonds is 4. The zero-order valence-corrected chi connectivity index (χ0v) is 17.2. The monoisotopic (exact) mass is 438 g/mol. The van der Waals surface area contributed by atoms with Gasteiger partial charge >= 0.3 is 0 Å². The van der Waals surface area contributed by atoms with E-state index in [2.05, 4.69) is 38.3 Å². The second kappa shape index (κ2) is 8.58. The standard InChI is InChI=1S/C19H20BrClN2OS/c1-13-10-14(12-23-6-8-25-9-7-23)2-5-18(13)22-19(24)16-11-15(20)3-4-17(16)21/h2-5,10-11H,6-9,12H2,1H3,(H,22,24). The zero-order valence-electron chi connectivity index (χ0n) is 14.0. The number of halogens is 2. The summed E-state index contributed by atoms with van der Waals surface area (Å²) in [6.07, 6.45) is 0. The van der Waals surface area contributed by atoms with Gasteiger partial charge in [0.2, 0.25) is 0 Å². The van der Waals surface area contributed by atoms with E-state index in [9.17, 15) is 4.79 Å². The van der Waals surface area contributed by atoms with Crippen molar-refractivity contribution >= 4 is 50.9 Å². The summed E-state index contributed by atoms with van der Waals surface area (Å²) < 4.78 is 0.828. The fraction of sp³-hybridized carbons (Fsp3) is 0.316. The molecule has 2 aromatic carbocycles. The lowest BCUT2D eigenvalue weighted by Gasteiger charge is -2.26. The maximum atomic E-state index is 12.5. The number of hydrogen-bond acceptors (Lipinski definition) is 3. The molecule has 6 heteroatoms. The molecule has 0 spiro atoms. The zero-order chi connectivity index (χ0) is 17.8. The average molecular weight is 440 g/mol. The van der Waals surface area contributed by atoms with E-state index in [1.165, 1.54) is 17.1 Å². The van der Waals surface area contributed by atoms with E-state index < -0.39 is 0 Å². The van der Waals surface area contributed by atoms with Crippen LogP contribution in [0.3, 0.4) is 0 Å². The van der Waals surface area contributed by atoms with Crippen LogP contribution in [0.4, 0.5) is 5.69 Å². The Hall–Kier alpha value is -1.01. The van der Waals surface area contributed by atoms with Gasteiger partial charge in [-0.3, -0.25) is 9.69 Å². The molecule has 1 aliphatic rings. The predicted octanol–water partition coefficient (Wildman–Crippen LogP) is 5.21. The molecule has 1 fully saturated rings. The topological polar surface area (TPSA) is 32.3 Å². The number of carbonyl (C=O) groups is 1. The molecule has 1 heterocycles. The van der Waals surface area contributed by atoms with Crippen molar-refractivity contribution in [3.63, 3.8) is 0 Å². The van der Waals surface area contributed by atoms with Crippen LogP contribution in [0.25, 0.3) is 0 Å². The van der Waals surface area contributed by atoms with E-state index in [1.54, 1.807) is 12.1 Å². The molecule has 0 saturated carbocycles. The molecular weight excluding hydrogens is 420 g/mol. The van der Waals surface area contributed by atoms with Gasteiger partial charge in [0, 0.05) is 41.3 Å². The highest BCUT2D eigenvalue weighted by molar-refractivity contribution is 9.10. The summed E-state index contributed by atoms with van der Waals surface area (Å²) in [4.78, 5) is 15.0. The minimum absolute atomic E-state index is 0.199. The molecule has 25 heavy (non-hydrogen) atoms. The van der Waals surface area contributed by atoms with Crippen LogP contribution in [0.15, 0.2) is 40.9 Å². The Morgan fingerprint density at radius 1 is 1.24 bits per heavy atom. The van der Waals surface area contributed by atoms with Gasteiger partial charge in [-0.1, -0.05) is 39.7 Å². The molecule has 1 amide bonds. The number of amides is 1. The quantitative estimate of drug-likeness (QED) is 0.709. The Bertz CT molecular complexity index is 778. The Morgan fingerprint density at radius 3 is 2.72 bits per heavy atom. The van der Waals surface area contributed by atoms with Crippen molar-refractivity contribution in [1.29, 1.82) is 0 Å². The second-order valence-corrected chi connectivity index (χ2v) is 8.66. The number of hydrogen-bond donors (Lipinski definition) is 1. The van der Waals surface area contributed by atoms with Crippen LogP contribution in [-0.2, 0) is 6.54 Å². The molecule has 0 atom stereocenters. The largest absolute Gasteiger partial charge is 0.322 e. The fourth-order valence-corrected chi connectivity index (χ4v) is 4.39. The lowest BCUT2D eigenvalue weighted by Crippen LogP contribution is -2.31. The van der Waals surface area contributed by atoms with Gasteiger partial charge in [0.05, 0.1) is 10.6 Å². The van der Waals surface area contributed by atoms with Gasteiger partial charge in [-0.2, -0.15) is 11.8 Å². The highest BCUT2D eigenvalue weighted by atomic mass is 79.9. The van der Waals surface area contributed by atoms with Crippen molar-refractivity contribution in [2.75, 3.05) is 29.9 Å². The Morgan fingerprint density at radius 2 is 2.00 bits per heavy atom.